The molecule has 3 rings (SSSR count). The molecule has 0 atom stereocenters. The second-order valence-electron chi connectivity index (χ2n) is 13.6. The summed E-state index contributed by atoms with van der Waals surface area (Å²) in [6, 6.07) is 13.6. The van der Waals surface area contributed by atoms with Crippen molar-refractivity contribution in [2.75, 3.05) is 26.7 Å². The van der Waals surface area contributed by atoms with Crippen LogP contribution in [0.3, 0.4) is 0 Å². The lowest BCUT2D eigenvalue weighted by atomic mass is 9.95. The molecule has 51 heavy (non-hydrogen) atoms. The average molecular weight is 713 g/mol. The van der Waals surface area contributed by atoms with E-state index in [-0.39, 0.29) is 17.6 Å². The molecule has 1 aliphatic rings. The smallest absolute Gasteiger partial charge is 0.265 e. The van der Waals surface area contributed by atoms with Crippen molar-refractivity contribution in [3.8, 4) is 5.75 Å². The fourth-order valence-corrected chi connectivity index (χ4v) is 6.10. The minimum atomic E-state index is -1.08. The molecule has 7 heteroatoms. The van der Waals surface area contributed by atoms with E-state index in [1.165, 1.54) is 0 Å². The Bertz CT molecular complexity index is 1510. The minimum Gasteiger partial charge on any atom is -0.478 e. The Morgan fingerprint density at radius 3 is 1.80 bits per heavy atom. The predicted molar refractivity (Wildman–Crippen MR) is 211 cm³/mol. The quantitative estimate of drug-likeness (QED) is 0.0779. The van der Waals surface area contributed by atoms with Gasteiger partial charge in [-0.15, -0.1) is 0 Å². The van der Waals surface area contributed by atoms with Crippen molar-refractivity contribution in [3.05, 3.63) is 125 Å². The van der Waals surface area contributed by atoms with Gasteiger partial charge in [-0.05, 0) is 126 Å². The molecule has 1 fully saturated rings. The number of nitrogens with zero attached hydrogens (tertiary/aromatic N) is 2. The predicted octanol–water partition coefficient (Wildman–Crippen LogP) is 10.3. The summed E-state index contributed by atoms with van der Waals surface area (Å²) < 4.78 is 6.10. The highest BCUT2D eigenvalue weighted by Gasteiger charge is 2.34. The van der Waals surface area contributed by atoms with E-state index in [0.717, 1.165) is 70.9 Å². The summed E-state index contributed by atoms with van der Waals surface area (Å²) >= 11 is 5.94. The van der Waals surface area contributed by atoms with Crippen molar-refractivity contribution in [2.45, 2.75) is 90.6 Å². The summed E-state index contributed by atoms with van der Waals surface area (Å²) in [5.41, 5.74) is -0.00285. The van der Waals surface area contributed by atoms with Crippen LogP contribution in [-0.4, -0.2) is 59.7 Å². The summed E-state index contributed by atoms with van der Waals surface area (Å²) in [7, 11) is 1.81. The number of halogens is 1. The highest BCUT2D eigenvalue weighted by Crippen LogP contribution is 2.24. The highest BCUT2D eigenvalue weighted by atomic mass is 35.5. The molecule has 1 heterocycles. The summed E-state index contributed by atoms with van der Waals surface area (Å²) in [6.07, 6.45) is 31.0. The molecular weight excluding hydrogens is 656 g/mol. The maximum Gasteiger partial charge on any atom is 0.265 e. The molecule has 0 aliphatic carbocycles. The van der Waals surface area contributed by atoms with Gasteiger partial charge >= 0.3 is 0 Å². The largest absolute Gasteiger partial charge is 0.478 e. The number of ether oxygens (including phenoxy) is 1. The van der Waals surface area contributed by atoms with Gasteiger partial charge in [0.15, 0.2) is 11.4 Å². The lowest BCUT2D eigenvalue weighted by molar-refractivity contribution is -0.145. The number of carbonyl (C=O) groups excluding carboxylic acids is 3. The van der Waals surface area contributed by atoms with Crippen molar-refractivity contribution in [2.24, 2.45) is 5.92 Å². The average Bonchev–Trinajstić information content (AvgIpc) is 3.13. The molecule has 0 N–H and O–H groups in total. The van der Waals surface area contributed by atoms with Crippen LogP contribution in [0.2, 0.25) is 5.02 Å². The zero-order valence-electron chi connectivity index (χ0n) is 31.1. The van der Waals surface area contributed by atoms with Gasteiger partial charge in [0, 0.05) is 49.3 Å². The van der Waals surface area contributed by atoms with Gasteiger partial charge in [0.05, 0.1) is 0 Å². The maximum absolute atomic E-state index is 13.4. The molecular formula is C44H57ClN2O4. The van der Waals surface area contributed by atoms with E-state index in [0.29, 0.717) is 40.8 Å². The molecule has 0 bridgehead atoms. The molecule has 0 aromatic heterocycles. The van der Waals surface area contributed by atoms with Gasteiger partial charge in [0.2, 0.25) is 5.91 Å². The van der Waals surface area contributed by atoms with Crippen molar-refractivity contribution in [3.63, 3.8) is 0 Å². The second-order valence-corrected chi connectivity index (χ2v) is 14.0. The Balaban J connectivity index is 1.29. The SMILES string of the molecule is CC/C=C\C/C=C\C/C=C\C/C=C\C/C=C\CCCC(=O)N1CCC(CN(C)C(=O)C(C)(C)Oc2ccc(C(=O)c3ccc(Cl)cc3)cc2)CC1. The van der Waals surface area contributed by atoms with Crippen LogP contribution in [0.25, 0.3) is 0 Å². The van der Waals surface area contributed by atoms with Gasteiger partial charge in [-0.3, -0.25) is 14.4 Å². The van der Waals surface area contributed by atoms with Crippen molar-refractivity contribution < 1.29 is 19.1 Å². The summed E-state index contributed by atoms with van der Waals surface area (Å²) in [5.74, 6) is 0.848. The molecule has 274 valence electrons. The first-order valence-electron chi connectivity index (χ1n) is 18.5. The molecule has 0 unspecified atom stereocenters. The van der Waals surface area contributed by atoms with Crippen molar-refractivity contribution in [1.29, 1.82) is 0 Å². The molecule has 1 saturated heterocycles. The summed E-state index contributed by atoms with van der Waals surface area (Å²) in [6.45, 7) is 7.75. The maximum atomic E-state index is 13.4. The Morgan fingerprint density at radius 1 is 0.784 bits per heavy atom. The summed E-state index contributed by atoms with van der Waals surface area (Å²) in [4.78, 5) is 42.7. The molecule has 2 aromatic rings. The number of likely N-dealkylation sites (N-methyl/N-ethyl adjacent to an activating group) is 1. The van der Waals surface area contributed by atoms with Gasteiger partial charge < -0.3 is 14.5 Å². The Hall–Kier alpha value is -4.16. The first-order chi connectivity index (χ1) is 24.6. The number of allylic oxidation sites excluding steroid dienone is 10. The van der Waals surface area contributed by atoms with E-state index in [9.17, 15) is 14.4 Å². The second kappa shape index (κ2) is 22.6. The summed E-state index contributed by atoms with van der Waals surface area (Å²) in [5, 5.41) is 0.576. The number of unbranched alkanes of at least 4 members (excludes halogenated alkanes) is 1. The van der Waals surface area contributed by atoms with Crippen LogP contribution >= 0.6 is 11.6 Å². The zero-order chi connectivity index (χ0) is 36.9. The molecule has 2 amide bonds. The van der Waals surface area contributed by atoms with Gasteiger partial charge in [-0.2, -0.15) is 0 Å². The van der Waals surface area contributed by atoms with Crippen LogP contribution in [0.5, 0.6) is 5.75 Å². The number of ketones is 1. The molecule has 6 nitrogen and oxygen atoms in total. The molecule has 2 aromatic carbocycles. The third-order valence-electron chi connectivity index (χ3n) is 8.88. The van der Waals surface area contributed by atoms with Crippen LogP contribution in [0.4, 0.5) is 0 Å². The number of hydrogen-bond donors (Lipinski definition) is 0. The van der Waals surface area contributed by atoms with Crippen molar-refractivity contribution in [1.82, 2.24) is 9.80 Å². The van der Waals surface area contributed by atoms with Gasteiger partial charge in [-0.25, -0.2) is 0 Å². The minimum absolute atomic E-state index is 0.109. The highest BCUT2D eigenvalue weighted by molar-refractivity contribution is 6.30. The first-order valence-corrected chi connectivity index (χ1v) is 18.9. The third kappa shape index (κ3) is 15.3. The van der Waals surface area contributed by atoms with E-state index < -0.39 is 5.60 Å². The van der Waals surface area contributed by atoms with Crippen LogP contribution < -0.4 is 4.74 Å². The lowest BCUT2D eigenvalue weighted by Crippen LogP contribution is -2.49. The standard InChI is InChI=1S/C44H57ClN2O4/c1-5-6-7-8-9-10-11-12-13-14-15-16-17-18-19-20-21-22-41(48)47-33-31-36(32-34-47)35-46(4)43(50)44(2,3)51-40-29-25-38(26-30-40)42(49)37-23-27-39(45)28-24-37/h6-7,9-10,12-13,15-16,18-19,23-30,36H,5,8,11,14,17,20-22,31-35H2,1-4H3/b7-6-,10-9-,13-12-,16-15-,19-18-. The first kappa shape index (κ1) is 41.3. The van der Waals surface area contributed by atoms with E-state index >= 15 is 0 Å². The molecule has 1 aliphatic heterocycles. The van der Waals surface area contributed by atoms with Crippen LogP contribution in [0, 0.1) is 5.92 Å². The molecule has 0 spiro atoms. The van der Waals surface area contributed by atoms with Crippen LogP contribution in [0.15, 0.2) is 109 Å². The van der Waals surface area contributed by atoms with Crippen molar-refractivity contribution >= 4 is 29.2 Å². The Morgan fingerprint density at radius 2 is 1.27 bits per heavy atom. The lowest BCUT2D eigenvalue weighted by Gasteiger charge is -2.36. The number of rotatable bonds is 20. The number of likely N-dealkylation sites (tertiary alicyclic amines) is 1. The fraction of sp³-hybridized carbons (Fsp3) is 0.432. The number of piperidine rings is 1. The number of hydrogen-bond acceptors (Lipinski definition) is 4. The van der Waals surface area contributed by atoms with E-state index in [1.54, 1.807) is 67.3 Å². The topological polar surface area (TPSA) is 66.9 Å². The molecule has 0 radical (unpaired) electrons. The van der Waals surface area contributed by atoms with E-state index in [1.807, 2.05) is 11.9 Å². The Labute approximate surface area is 311 Å². The molecule has 0 saturated carbocycles. The van der Waals surface area contributed by atoms with Crippen LogP contribution in [0.1, 0.15) is 101 Å². The third-order valence-corrected chi connectivity index (χ3v) is 9.13. The number of carbonyl (C=O) groups is 3. The number of amides is 2. The van der Waals surface area contributed by atoms with E-state index in [2.05, 4.69) is 67.7 Å². The monoisotopic (exact) mass is 712 g/mol. The van der Waals surface area contributed by atoms with Gasteiger partial charge in [0.25, 0.3) is 5.91 Å². The number of benzene rings is 2. The zero-order valence-corrected chi connectivity index (χ0v) is 31.8. The fourth-order valence-electron chi connectivity index (χ4n) is 5.97. The van der Waals surface area contributed by atoms with Gasteiger partial charge in [0.1, 0.15) is 5.75 Å². The normalized spacial score (nSPS) is 14.5. The van der Waals surface area contributed by atoms with Gasteiger partial charge in [-0.1, -0.05) is 79.3 Å². The van der Waals surface area contributed by atoms with E-state index in [4.69, 9.17) is 16.3 Å². The Kier molecular flexibility index (Phi) is 18.3. The van der Waals surface area contributed by atoms with Crippen LogP contribution in [-0.2, 0) is 9.59 Å².